The van der Waals surface area contributed by atoms with Gasteiger partial charge in [-0.25, -0.2) is 0 Å². The Kier molecular flexibility index (Phi) is 5.45. The molecule has 0 radical (unpaired) electrons. The summed E-state index contributed by atoms with van der Waals surface area (Å²) in [5, 5.41) is 0. The Labute approximate surface area is 89.4 Å². The van der Waals surface area contributed by atoms with Gasteiger partial charge in [0.15, 0.2) is 0 Å². The first-order valence-electron chi connectivity index (χ1n) is 4.98. The van der Waals surface area contributed by atoms with Crippen LogP contribution in [0.4, 0.5) is 0 Å². The summed E-state index contributed by atoms with van der Waals surface area (Å²) in [7, 11) is 0. The molecule has 3 heteroatoms. The summed E-state index contributed by atoms with van der Waals surface area (Å²) in [5.74, 6) is 0.718. The van der Waals surface area contributed by atoms with Crippen LogP contribution in [0.5, 0.6) is 0 Å². The Hall–Kier alpha value is -0.700. The minimum atomic E-state index is -0.0969. The van der Waals surface area contributed by atoms with Crippen LogP contribution in [0, 0.1) is 0 Å². The third-order valence-electron chi connectivity index (χ3n) is 1.84. The predicted molar refractivity (Wildman–Crippen MR) is 60.2 cm³/mol. The molecule has 0 aromatic carbocycles. The number of carbonyl (C=O) groups excluding carboxylic acids is 1. The van der Waals surface area contributed by atoms with E-state index in [0.29, 0.717) is 13.0 Å². The van der Waals surface area contributed by atoms with Crippen LogP contribution in [0.25, 0.3) is 0 Å². The molecule has 0 spiro atoms. The van der Waals surface area contributed by atoms with Gasteiger partial charge in [-0.3, -0.25) is 4.79 Å². The lowest BCUT2D eigenvalue weighted by atomic mass is 10.2. The molecule has 0 N–H and O–H groups in total. The lowest BCUT2D eigenvalue weighted by Gasteiger charge is -2.05. The molecule has 0 saturated carbocycles. The minimum Gasteiger partial charge on any atom is -0.466 e. The van der Waals surface area contributed by atoms with Gasteiger partial charge in [0.2, 0.25) is 0 Å². The SMILES string of the molecule is CCOC(=O)CCSC1=CCCC=C1. The van der Waals surface area contributed by atoms with Crippen LogP contribution < -0.4 is 0 Å². The average molecular weight is 212 g/mol. The smallest absolute Gasteiger partial charge is 0.306 e. The van der Waals surface area contributed by atoms with E-state index in [4.69, 9.17) is 4.74 Å². The molecule has 1 aliphatic carbocycles. The molecule has 0 unspecified atom stereocenters. The number of hydrogen-bond donors (Lipinski definition) is 0. The lowest BCUT2D eigenvalue weighted by Crippen LogP contribution is -2.04. The van der Waals surface area contributed by atoms with E-state index in [1.807, 2.05) is 6.92 Å². The zero-order valence-corrected chi connectivity index (χ0v) is 9.31. The van der Waals surface area contributed by atoms with E-state index in [2.05, 4.69) is 18.2 Å². The second-order valence-electron chi connectivity index (χ2n) is 2.99. The van der Waals surface area contributed by atoms with Crippen molar-refractivity contribution in [2.75, 3.05) is 12.4 Å². The summed E-state index contributed by atoms with van der Waals surface area (Å²) in [5.41, 5.74) is 0. The summed E-state index contributed by atoms with van der Waals surface area (Å²) < 4.78 is 4.84. The quantitative estimate of drug-likeness (QED) is 0.655. The van der Waals surface area contributed by atoms with Gasteiger partial charge in [0.1, 0.15) is 0 Å². The molecule has 0 saturated heterocycles. The summed E-state index contributed by atoms with van der Waals surface area (Å²) >= 11 is 1.73. The maximum absolute atomic E-state index is 11.0. The highest BCUT2D eigenvalue weighted by atomic mass is 32.2. The Morgan fingerprint density at radius 3 is 3.07 bits per heavy atom. The van der Waals surface area contributed by atoms with Crippen molar-refractivity contribution in [3.63, 3.8) is 0 Å². The first kappa shape index (κ1) is 11.4. The van der Waals surface area contributed by atoms with E-state index in [1.165, 1.54) is 4.91 Å². The Morgan fingerprint density at radius 1 is 1.57 bits per heavy atom. The number of ether oxygens (including phenoxy) is 1. The van der Waals surface area contributed by atoms with Crippen molar-refractivity contribution >= 4 is 17.7 Å². The molecule has 2 nitrogen and oxygen atoms in total. The first-order valence-corrected chi connectivity index (χ1v) is 5.96. The van der Waals surface area contributed by atoms with Crippen LogP contribution in [0.3, 0.4) is 0 Å². The normalized spacial score (nSPS) is 15.1. The fraction of sp³-hybridized carbons (Fsp3) is 0.545. The zero-order valence-electron chi connectivity index (χ0n) is 8.49. The maximum Gasteiger partial charge on any atom is 0.306 e. The van der Waals surface area contributed by atoms with Gasteiger partial charge in [-0.1, -0.05) is 18.2 Å². The molecule has 0 aliphatic heterocycles. The van der Waals surface area contributed by atoms with Gasteiger partial charge in [-0.2, -0.15) is 0 Å². The van der Waals surface area contributed by atoms with Gasteiger partial charge in [0.05, 0.1) is 13.0 Å². The minimum absolute atomic E-state index is 0.0969. The summed E-state index contributed by atoms with van der Waals surface area (Å²) in [6, 6.07) is 0. The van der Waals surface area contributed by atoms with Crippen molar-refractivity contribution in [2.24, 2.45) is 0 Å². The molecule has 0 atom stereocenters. The van der Waals surface area contributed by atoms with Gasteiger partial charge in [-0.15, -0.1) is 11.8 Å². The topological polar surface area (TPSA) is 26.3 Å². The molecule has 0 fully saturated rings. The summed E-state index contributed by atoms with van der Waals surface area (Å²) in [4.78, 5) is 12.3. The highest BCUT2D eigenvalue weighted by molar-refractivity contribution is 8.03. The Bertz CT molecular complexity index is 244. The largest absolute Gasteiger partial charge is 0.466 e. The standard InChI is InChI=1S/C11H16O2S/c1-2-13-11(12)8-9-14-10-6-4-3-5-7-10/h4,6-7H,2-3,5,8-9H2,1H3. The molecular formula is C11H16O2S. The van der Waals surface area contributed by atoms with Gasteiger partial charge in [0.25, 0.3) is 0 Å². The third kappa shape index (κ3) is 4.51. The number of esters is 1. The molecule has 0 aromatic heterocycles. The number of hydrogen-bond acceptors (Lipinski definition) is 3. The fourth-order valence-corrected chi connectivity index (χ4v) is 2.11. The maximum atomic E-state index is 11.0. The van der Waals surface area contributed by atoms with E-state index in [1.54, 1.807) is 11.8 Å². The molecule has 0 amide bonds. The van der Waals surface area contributed by atoms with Crippen LogP contribution in [0.1, 0.15) is 26.2 Å². The van der Waals surface area contributed by atoms with Crippen molar-refractivity contribution in [1.82, 2.24) is 0 Å². The van der Waals surface area contributed by atoms with Crippen molar-refractivity contribution in [2.45, 2.75) is 26.2 Å². The van der Waals surface area contributed by atoms with Crippen molar-refractivity contribution < 1.29 is 9.53 Å². The first-order chi connectivity index (χ1) is 6.83. The van der Waals surface area contributed by atoms with Gasteiger partial charge < -0.3 is 4.74 Å². The number of carbonyl (C=O) groups is 1. The van der Waals surface area contributed by atoms with Crippen LogP contribution in [-0.2, 0) is 9.53 Å². The summed E-state index contributed by atoms with van der Waals surface area (Å²) in [6.45, 7) is 2.31. The molecule has 0 heterocycles. The second kappa shape index (κ2) is 6.71. The van der Waals surface area contributed by atoms with E-state index in [0.717, 1.165) is 18.6 Å². The summed E-state index contributed by atoms with van der Waals surface area (Å²) in [6.07, 6.45) is 9.28. The monoisotopic (exact) mass is 212 g/mol. The predicted octanol–water partition coefficient (Wildman–Crippen LogP) is 2.91. The molecule has 14 heavy (non-hydrogen) atoms. The number of allylic oxidation sites excluding steroid dienone is 3. The van der Waals surface area contributed by atoms with Gasteiger partial charge in [0, 0.05) is 10.7 Å². The molecule has 0 aromatic rings. The van der Waals surface area contributed by atoms with Gasteiger partial charge in [-0.05, 0) is 19.8 Å². The van der Waals surface area contributed by atoms with Crippen molar-refractivity contribution in [1.29, 1.82) is 0 Å². The van der Waals surface area contributed by atoms with Gasteiger partial charge >= 0.3 is 5.97 Å². The zero-order chi connectivity index (χ0) is 10.2. The highest BCUT2D eigenvalue weighted by Gasteiger charge is 2.03. The van der Waals surface area contributed by atoms with E-state index in [9.17, 15) is 4.79 Å². The highest BCUT2D eigenvalue weighted by Crippen LogP contribution is 2.22. The number of rotatable bonds is 5. The molecule has 1 aliphatic rings. The second-order valence-corrected chi connectivity index (χ2v) is 4.16. The van der Waals surface area contributed by atoms with Crippen LogP contribution >= 0.6 is 11.8 Å². The van der Waals surface area contributed by atoms with Crippen molar-refractivity contribution in [3.8, 4) is 0 Å². The van der Waals surface area contributed by atoms with E-state index < -0.39 is 0 Å². The molecule has 0 bridgehead atoms. The lowest BCUT2D eigenvalue weighted by molar-refractivity contribution is -0.142. The van der Waals surface area contributed by atoms with E-state index >= 15 is 0 Å². The van der Waals surface area contributed by atoms with E-state index in [-0.39, 0.29) is 5.97 Å². The van der Waals surface area contributed by atoms with Crippen LogP contribution in [-0.4, -0.2) is 18.3 Å². The van der Waals surface area contributed by atoms with Crippen LogP contribution in [0.15, 0.2) is 23.1 Å². The third-order valence-corrected chi connectivity index (χ3v) is 2.89. The molecule has 1 rings (SSSR count). The van der Waals surface area contributed by atoms with Crippen LogP contribution in [0.2, 0.25) is 0 Å². The van der Waals surface area contributed by atoms with Crippen molar-refractivity contribution in [3.05, 3.63) is 23.1 Å². The average Bonchev–Trinajstić information content (AvgIpc) is 2.20. The molecular weight excluding hydrogens is 196 g/mol. The fourth-order valence-electron chi connectivity index (χ4n) is 1.18. The number of thioether (sulfide) groups is 1. The molecule has 78 valence electrons. The Morgan fingerprint density at radius 2 is 2.43 bits per heavy atom. The Balaban J connectivity index is 2.11.